The van der Waals surface area contributed by atoms with Gasteiger partial charge in [0.2, 0.25) is 5.91 Å². The lowest BCUT2D eigenvalue weighted by Crippen LogP contribution is -2.42. The van der Waals surface area contributed by atoms with Crippen LogP contribution in [0.15, 0.2) is 0 Å². The molecule has 1 fully saturated rings. The first-order valence-electron chi connectivity index (χ1n) is 4.72. The zero-order valence-electron chi connectivity index (χ0n) is 8.53. The van der Waals surface area contributed by atoms with Crippen LogP contribution in [-0.4, -0.2) is 11.4 Å². The molecule has 2 heteroatoms. The first-order valence-corrected chi connectivity index (χ1v) is 4.72. The van der Waals surface area contributed by atoms with E-state index in [1.165, 1.54) is 0 Å². The van der Waals surface area contributed by atoms with E-state index in [9.17, 15) is 4.79 Å². The highest BCUT2D eigenvalue weighted by Gasteiger charge is 2.43. The van der Waals surface area contributed by atoms with Crippen LogP contribution in [0.25, 0.3) is 0 Å². The summed E-state index contributed by atoms with van der Waals surface area (Å²) in [7, 11) is 0. The predicted molar refractivity (Wildman–Crippen MR) is 49.9 cm³/mol. The molecule has 1 rings (SSSR count). The van der Waals surface area contributed by atoms with Crippen molar-refractivity contribution in [1.29, 1.82) is 0 Å². The second-order valence-electron chi connectivity index (χ2n) is 4.84. The molecule has 0 aromatic heterocycles. The van der Waals surface area contributed by atoms with E-state index in [0.717, 1.165) is 19.3 Å². The van der Waals surface area contributed by atoms with Gasteiger partial charge in [0.05, 0.1) is 0 Å². The Bertz CT molecular complexity index is 187. The average molecular weight is 169 g/mol. The standard InChI is InChI=1S/C10H19NO/c1-5-10(6-7-10)11-8(12)9(2,3)4/h5-7H2,1-4H3,(H,11,12). The van der Waals surface area contributed by atoms with Crippen LogP contribution in [0.1, 0.15) is 47.0 Å². The number of rotatable bonds is 2. The minimum absolute atomic E-state index is 0.171. The highest BCUT2D eigenvalue weighted by Crippen LogP contribution is 2.39. The molecule has 0 heterocycles. The smallest absolute Gasteiger partial charge is 0.225 e. The minimum atomic E-state index is -0.245. The molecule has 0 aromatic rings. The Hall–Kier alpha value is -0.530. The zero-order valence-corrected chi connectivity index (χ0v) is 8.53. The van der Waals surface area contributed by atoms with Crippen LogP contribution in [0.4, 0.5) is 0 Å². The van der Waals surface area contributed by atoms with Gasteiger partial charge in [0.25, 0.3) is 0 Å². The number of amides is 1. The van der Waals surface area contributed by atoms with Gasteiger partial charge in [-0.2, -0.15) is 0 Å². The van der Waals surface area contributed by atoms with Crippen molar-refractivity contribution >= 4 is 5.91 Å². The lowest BCUT2D eigenvalue weighted by molar-refractivity contribution is -0.129. The van der Waals surface area contributed by atoms with Gasteiger partial charge in [-0.25, -0.2) is 0 Å². The van der Waals surface area contributed by atoms with Crippen LogP contribution in [-0.2, 0) is 4.79 Å². The Morgan fingerprint density at radius 3 is 2.17 bits per heavy atom. The molecule has 0 unspecified atom stereocenters. The summed E-state index contributed by atoms with van der Waals surface area (Å²) >= 11 is 0. The first kappa shape index (κ1) is 9.56. The van der Waals surface area contributed by atoms with Crippen molar-refractivity contribution in [2.45, 2.75) is 52.5 Å². The van der Waals surface area contributed by atoms with Crippen molar-refractivity contribution in [2.75, 3.05) is 0 Å². The molecule has 1 N–H and O–H groups in total. The molecule has 1 amide bonds. The average Bonchev–Trinajstić information content (AvgIpc) is 2.67. The van der Waals surface area contributed by atoms with E-state index in [2.05, 4.69) is 12.2 Å². The van der Waals surface area contributed by atoms with E-state index in [1.54, 1.807) is 0 Å². The van der Waals surface area contributed by atoms with Crippen LogP contribution in [0.2, 0.25) is 0 Å². The van der Waals surface area contributed by atoms with Gasteiger partial charge in [-0.15, -0.1) is 0 Å². The summed E-state index contributed by atoms with van der Waals surface area (Å²) in [5.41, 5.74) is -0.0743. The molecule has 1 aliphatic carbocycles. The third kappa shape index (κ3) is 1.99. The maximum Gasteiger partial charge on any atom is 0.225 e. The lowest BCUT2D eigenvalue weighted by Gasteiger charge is -2.23. The molecule has 0 aliphatic heterocycles. The van der Waals surface area contributed by atoms with Crippen molar-refractivity contribution in [3.8, 4) is 0 Å². The number of hydrogen-bond donors (Lipinski definition) is 1. The monoisotopic (exact) mass is 169 g/mol. The normalized spacial score (nSPS) is 20.3. The van der Waals surface area contributed by atoms with Gasteiger partial charge < -0.3 is 5.32 Å². The van der Waals surface area contributed by atoms with E-state index in [1.807, 2.05) is 20.8 Å². The molecular weight excluding hydrogens is 150 g/mol. The number of carbonyl (C=O) groups is 1. The highest BCUT2D eigenvalue weighted by molar-refractivity contribution is 5.82. The van der Waals surface area contributed by atoms with Crippen LogP contribution >= 0.6 is 0 Å². The Labute approximate surface area is 74.7 Å². The quantitative estimate of drug-likeness (QED) is 0.673. The molecule has 12 heavy (non-hydrogen) atoms. The van der Waals surface area contributed by atoms with Gasteiger partial charge in [-0.1, -0.05) is 27.7 Å². The summed E-state index contributed by atoms with van der Waals surface area (Å²) in [5.74, 6) is 0.182. The molecule has 0 saturated heterocycles. The molecule has 0 bridgehead atoms. The molecule has 70 valence electrons. The maximum atomic E-state index is 11.6. The third-order valence-electron chi connectivity index (χ3n) is 2.59. The van der Waals surface area contributed by atoms with Crippen molar-refractivity contribution in [1.82, 2.24) is 5.32 Å². The van der Waals surface area contributed by atoms with Crippen LogP contribution in [0, 0.1) is 5.41 Å². The van der Waals surface area contributed by atoms with E-state index in [-0.39, 0.29) is 16.9 Å². The Morgan fingerprint density at radius 1 is 1.42 bits per heavy atom. The van der Waals surface area contributed by atoms with E-state index in [4.69, 9.17) is 0 Å². The predicted octanol–water partition coefficient (Wildman–Crippen LogP) is 2.09. The lowest BCUT2D eigenvalue weighted by atomic mass is 9.95. The third-order valence-corrected chi connectivity index (χ3v) is 2.59. The SMILES string of the molecule is CCC1(NC(=O)C(C)(C)C)CC1. The van der Waals surface area contributed by atoms with Crippen molar-refractivity contribution < 1.29 is 4.79 Å². The topological polar surface area (TPSA) is 29.1 Å². The van der Waals surface area contributed by atoms with Gasteiger partial charge >= 0.3 is 0 Å². The molecule has 1 saturated carbocycles. The second-order valence-corrected chi connectivity index (χ2v) is 4.84. The largest absolute Gasteiger partial charge is 0.350 e. The Kier molecular flexibility index (Phi) is 2.19. The van der Waals surface area contributed by atoms with Gasteiger partial charge in [-0.05, 0) is 19.3 Å². The van der Waals surface area contributed by atoms with Crippen molar-refractivity contribution in [2.24, 2.45) is 5.41 Å². The summed E-state index contributed by atoms with van der Waals surface area (Å²) in [6.07, 6.45) is 3.38. The summed E-state index contributed by atoms with van der Waals surface area (Å²) < 4.78 is 0. The molecule has 0 radical (unpaired) electrons. The maximum absolute atomic E-state index is 11.6. The molecule has 0 aromatic carbocycles. The summed E-state index contributed by atoms with van der Waals surface area (Å²) in [5, 5.41) is 3.12. The van der Waals surface area contributed by atoms with Gasteiger partial charge in [0, 0.05) is 11.0 Å². The number of carbonyl (C=O) groups excluding carboxylic acids is 1. The zero-order chi connectivity index (χ0) is 9.41. The van der Waals surface area contributed by atoms with Crippen LogP contribution in [0.5, 0.6) is 0 Å². The second kappa shape index (κ2) is 2.75. The van der Waals surface area contributed by atoms with Gasteiger partial charge in [0.1, 0.15) is 0 Å². The van der Waals surface area contributed by atoms with Crippen LogP contribution in [0.3, 0.4) is 0 Å². The van der Waals surface area contributed by atoms with E-state index >= 15 is 0 Å². The fourth-order valence-corrected chi connectivity index (χ4v) is 1.15. The molecular formula is C10H19NO. The number of hydrogen-bond acceptors (Lipinski definition) is 1. The Morgan fingerprint density at radius 2 is 1.92 bits per heavy atom. The molecule has 0 spiro atoms. The molecule has 2 nitrogen and oxygen atoms in total. The van der Waals surface area contributed by atoms with Gasteiger partial charge in [0.15, 0.2) is 0 Å². The van der Waals surface area contributed by atoms with Gasteiger partial charge in [-0.3, -0.25) is 4.79 Å². The summed E-state index contributed by atoms with van der Waals surface area (Å²) in [6.45, 7) is 7.99. The van der Waals surface area contributed by atoms with Crippen molar-refractivity contribution in [3.05, 3.63) is 0 Å². The fraction of sp³-hybridized carbons (Fsp3) is 0.900. The van der Waals surface area contributed by atoms with Crippen LogP contribution < -0.4 is 5.32 Å². The minimum Gasteiger partial charge on any atom is -0.350 e. The molecule has 0 atom stereocenters. The molecule has 1 aliphatic rings. The fourth-order valence-electron chi connectivity index (χ4n) is 1.15. The summed E-state index contributed by atoms with van der Waals surface area (Å²) in [6, 6.07) is 0. The highest BCUT2D eigenvalue weighted by atomic mass is 16.2. The first-order chi connectivity index (χ1) is 5.40. The summed E-state index contributed by atoms with van der Waals surface area (Å²) in [4.78, 5) is 11.6. The van der Waals surface area contributed by atoms with E-state index in [0.29, 0.717) is 0 Å². The van der Waals surface area contributed by atoms with Crippen molar-refractivity contribution in [3.63, 3.8) is 0 Å². The Balaban J connectivity index is 2.47. The number of nitrogens with one attached hydrogen (secondary N) is 1. The van der Waals surface area contributed by atoms with E-state index < -0.39 is 0 Å².